The van der Waals surface area contributed by atoms with Crippen LogP contribution in [0.3, 0.4) is 0 Å². The number of carbonyl (C=O) groups excluding carboxylic acids is 1. The fourth-order valence-corrected chi connectivity index (χ4v) is 2.96. The number of rotatable bonds is 3. The van der Waals surface area contributed by atoms with Gasteiger partial charge in [-0.1, -0.05) is 0 Å². The first-order valence-corrected chi connectivity index (χ1v) is 6.88. The monoisotopic (exact) mass is 293 g/mol. The molecule has 2 fully saturated rings. The van der Waals surface area contributed by atoms with Crippen molar-refractivity contribution in [1.29, 1.82) is 0 Å². The minimum atomic E-state index is -0.776. The molecule has 112 valence electrons. The second-order valence-electron chi connectivity index (χ2n) is 5.20. The number of nitro benzene ring substituents is 1. The largest absolute Gasteiger partial charge is 0.514 e. The Bertz CT molecular complexity index is 543. The number of hydrogen-bond donors (Lipinski definition) is 0. The molecule has 21 heavy (non-hydrogen) atoms. The maximum atomic E-state index is 11.8. The highest BCUT2D eigenvalue weighted by Crippen LogP contribution is 2.38. The Kier molecular flexibility index (Phi) is 3.74. The van der Waals surface area contributed by atoms with Crippen LogP contribution in [-0.2, 0) is 9.47 Å². The van der Waals surface area contributed by atoms with Crippen LogP contribution >= 0.6 is 0 Å². The van der Waals surface area contributed by atoms with Crippen molar-refractivity contribution in [2.24, 2.45) is 5.92 Å². The van der Waals surface area contributed by atoms with E-state index < -0.39 is 11.1 Å². The summed E-state index contributed by atoms with van der Waals surface area (Å²) in [7, 11) is 0. The minimum Gasteiger partial charge on any atom is -0.430 e. The van der Waals surface area contributed by atoms with E-state index in [9.17, 15) is 14.9 Å². The van der Waals surface area contributed by atoms with Gasteiger partial charge < -0.3 is 14.2 Å². The molecule has 1 aliphatic carbocycles. The van der Waals surface area contributed by atoms with Gasteiger partial charge in [0.2, 0.25) is 0 Å². The first-order chi connectivity index (χ1) is 10.1. The van der Waals surface area contributed by atoms with E-state index in [1.54, 1.807) is 0 Å². The predicted octanol–water partition coefficient (Wildman–Crippen LogP) is 2.68. The van der Waals surface area contributed by atoms with Gasteiger partial charge in [-0.2, -0.15) is 0 Å². The molecular weight excluding hydrogens is 278 g/mol. The number of hydrogen-bond acceptors (Lipinski definition) is 6. The van der Waals surface area contributed by atoms with Gasteiger partial charge in [0.05, 0.1) is 11.0 Å². The van der Waals surface area contributed by atoms with Crippen molar-refractivity contribution in [2.45, 2.75) is 31.5 Å². The third kappa shape index (κ3) is 2.97. The van der Waals surface area contributed by atoms with Crippen LogP contribution < -0.4 is 4.74 Å². The SMILES string of the molecule is O=C(Oc1ccc([N+](=O)[O-])cc1)O[C@H]1CC[C@H]2OCC[C@@H]12. The molecule has 1 aromatic carbocycles. The van der Waals surface area contributed by atoms with Crippen LogP contribution in [0.2, 0.25) is 0 Å². The molecule has 0 N–H and O–H groups in total. The Morgan fingerprint density at radius 3 is 2.71 bits per heavy atom. The number of carbonyl (C=O) groups is 1. The Balaban J connectivity index is 1.55. The van der Waals surface area contributed by atoms with Crippen molar-refractivity contribution in [3.8, 4) is 5.75 Å². The van der Waals surface area contributed by atoms with Crippen LogP contribution in [0.5, 0.6) is 5.75 Å². The van der Waals surface area contributed by atoms with E-state index in [4.69, 9.17) is 14.2 Å². The molecule has 0 unspecified atom stereocenters. The molecule has 0 amide bonds. The molecule has 2 aliphatic rings. The van der Waals surface area contributed by atoms with Crippen LogP contribution in [0.1, 0.15) is 19.3 Å². The molecule has 1 aromatic rings. The molecule has 1 saturated carbocycles. The molecule has 3 atom stereocenters. The van der Waals surface area contributed by atoms with Crippen LogP contribution in [0, 0.1) is 16.0 Å². The van der Waals surface area contributed by atoms with Gasteiger partial charge in [-0.05, 0) is 31.4 Å². The molecule has 7 heteroatoms. The van der Waals surface area contributed by atoms with Gasteiger partial charge in [-0.3, -0.25) is 10.1 Å². The summed E-state index contributed by atoms with van der Waals surface area (Å²) in [5.74, 6) is 0.484. The average Bonchev–Trinajstić information content (AvgIpc) is 3.04. The molecule has 0 spiro atoms. The Labute approximate surface area is 120 Å². The molecule has 0 bridgehead atoms. The number of ether oxygens (including phenoxy) is 3. The Morgan fingerprint density at radius 2 is 2.00 bits per heavy atom. The fraction of sp³-hybridized carbons (Fsp3) is 0.500. The molecular formula is C14H15NO6. The van der Waals surface area contributed by atoms with E-state index in [0.29, 0.717) is 6.61 Å². The zero-order valence-electron chi connectivity index (χ0n) is 11.3. The lowest BCUT2D eigenvalue weighted by Crippen LogP contribution is -2.26. The molecule has 1 aliphatic heterocycles. The zero-order valence-corrected chi connectivity index (χ0v) is 11.3. The van der Waals surface area contributed by atoms with Gasteiger partial charge in [-0.15, -0.1) is 0 Å². The standard InChI is InChI=1S/C14H15NO6/c16-14(20-10-3-1-9(2-4-10)15(17)18)21-13-6-5-12-11(13)7-8-19-12/h1-4,11-13H,5-8H2/t11-,12-,13+/m1/s1. The summed E-state index contributed by atoms with van der Waals surface area (Å²) >= 11 is 0. The maximum absolute atomic E-state index is 11.8. The van der Waals surface area contributed by atoms with Crippen LogP contribution in [0.4, 0.5) is 10.5 Å². The lowest BCUT2D eigenvalue weighted by Gasteiger charge is -2.17. The van der Waals surface area contributed by atoms with Gasteiger partial charge in [0.15, 0.2) is 0 Å². The van der Waals surface area contributed by atoms with E-state index in [-0.39, 0.29) is 29.6 Å². The van der Waals surface area contributed by atoms with Gasteiger partial charge >= 0.3 is 6.16 Å². The van der Waals surface area contributed by atoms with Crippen molar-refractivity contribution in [1.82, 2.24) is 0 Å². The smallest absolute Gasteiger partial charge is 0.430 e. The van der Waals surface area contributed by atoms with E-state index in [1.807, 2.05) is 0 Å². The van der Waals surface area contributed by atoms with Crippen LogP contribution in [0.15, 0.2) is 24.3 Å². The summed E-state index contributed by atoms with van der Waals surface area (Å²) in [6, 6.07) is 5.29. The summed E-state index contributed by atoms with van der Waals surface area (Å²) in [6.45, 7) is 0.715. The second kappa shape index (κ2) is 5.69. The Hall–Kier alpha value is -2.15. The second-order valence-corrected chi connectivity index (χ2v) is 5.20. The lowest BCUT2D eigenvalue weighted by molar-refractivity contribution is -0.384. The normalized spacial score (nSPS) is 27.1. The van der Waals surface area contributed by atoms with Crippen molar-refractivity contribution < 1.29 is 23.9 Å². The molecule has 0 radical (unpaired) electrons. The average molecular weight is 293 g/mol. The highest BCUT2D eigenvalue weighted by atomic mass is 16.7. The third-order valence-corrected chi connectivity index (χ3v) is 3.97. The van der Waals surface area contributed by atoms with Gasteiger partial charge in [0.1, 0.15) is 11.9 Å². The quantitative estimate of drug-likeness (QED) is 0.368. The maximum Gasteiger partial charge on any atom is 0.514 e. The highest BCUT2D eigenvalue weighted by molar-refractivity contribution is 5.64. The van der Waals surface area contributed by atoms with E-state index in [1.165, 1.54) is 24.3 Å². The van der Waals surface area contributed by atoms with E-state index in [0.717, 1.165) is 19.3 Å². The highest BCUT2D eigenvalue weighted by Gasteiger charge is 2.42. The van der Waals surface area contributed by atoms with Gasteiger partial charge in [0, 0.05) is 24.7 Å². The van der Waals surface area contributed by atoms with Crippen molar-refractivity contribution >= 4 is 11.8 Å². The van der Waals surface area contributed by atoms with E-state index in [2.05, 4.69) is 0 Å². The van der Waals surface area contributed by atoms with Gasteiger partial charge in [-0.25, -0.2) is 4.79 Å². The zero-order chi connectivity index (χ0) is 14.8. The molecule has 7 nitrogen and oxygen atoms in total. The molecule has 3 rings (SSSR count). The number of benzene rings is 1. The van der Waals surface area contributed by atoms with Crippen LogP contribution in [0.25, 0.3) is 0 Å². The van der Waals surface area contributed by atoms with Crippen molar-refractivity contribution in [3.05, 3.63) is 34.4 Å². The summed E-state index contributed by atoms with van der Waals surface area (Å²) in [5.41, 5.74) is -0.0579. The van der Waals surface area contributed by atoms with Crippen LogP contribution in [-0.4, -0.2) is 29.9 Å². The van der Waals surface area contributed by atoms with Crippen molar-refractivity contribution in [3.63, 3.8) is 0 Å². The van der Waals surface area contributed by atoms with Gasteiger partial charge in [0.25, 0.3) is 5.69 Å². The number of nitro groups is 1. The topological polar surface area (TPSA) is 87.9 Å². The van der Waals surface area contributed by atoms with Crippen molar-refractivity contribution in [2.75, 3.05) is 6.61 Å². The van der Waals surface area contributed by atoms with E-state index >= 15 is 0 Å². The summed E-state index contributed by atoms with van der Waals surface area (Å²) < 4.78 is 15.9. The fourth-order valence-electron chi connectivity index (χ4n) is 2.96. The third-order valence-electron chi connectivity index (χ3n) is 3.97. The lowest BCUT2D eigenvalue weighted by atomic mass is 10.0. The summed E-state index contributed by atoms with van der Waals surface area (Å²) in [4.78, 5) is 21.8. The summed E-state index contributed by atoms with van der Waals surface area (Å²) in [6.07, 6.45) is 1.84. The Morgan fingerprint density at radius 1 is 1.24 bits per heavy atom. The predicted molar refractivity (Wildman–Crippen MR) is 71.1 cm³/mol. The number of fused-ring (bicyclic) bond motifs is 1. The molecule has 1 heterocycles. The molecule has 0 aromatic heterocycles. The first-order valence-electron chi connectivity index (χ1n) is 6.88. The number of non-ortho nitro benzene ring substituents is 1. The number of nitrogens with zero attached hydrogens (tertiary/aromatic N) is 1. The molecule has 1 saturated heterocycles. The summed E-state index contributed by atoms with van der Waals surface area (Å²) in [5, 5.41) is 10.5. The minimum absolute atomic E-state index is 0.0579. The first kappa shape index (κ1) is 13.8.